The van der Waals surface area contributed by atoms with Gasteiger partial charge in [-0.05, 0) is 39.3 Å². The van der Waals surface area contributed by atoms with E-state index in [0.29, 0.717) is 0 Å². The average Bonchev–Trinajstić information content (AvgIpc) is 2.13. The fourth-order valence-corrected chi connectivity index (χ4v) is 1.68. The van der Waals surface area contributed by atoms with Crippen molar-refractivity contribution < 1.29 is 0 Å². The second-order valence-corrected chi connectivity index (χ2v) is 5.24. The van der Waals surface area contributed by atoms with E-state index in [1.54, 1.807) is 0 Å². The summed E-state index contributed by atoms with van der Waals surface area (Å²) in [7, 11) is 4.35. The lowest BCUT2D eigenvalue weighted by atomic mass is 9.92. The van der Waals surface area contributed by atoms with Crippen molar-refractivity contribution in [3.05, 3.63) is 0 Å². The monoisotopic (exact) mass is 199 g/mol. The summed E-state index contributed by atoms with van der Waals surface area (Å²) in [5.41, 5.74) is 0. The lowest BCUT2D eigenvalue weighted by molar-refractivity contribution is 0.256. The zero-order valence-corrected chi connectivity index (χ0v) is 11.0. The maximum atomic E-state index is 2.39. The molecule has 0 saturated carbocycles. The Balaban J connectivity index is 3.59. The van der Waals surface area contributed by atoms with E-state index >= 15 is 0 Å². The molecule has 3 atom stereocenters. The smallest absolute Gasteiger partial charge is 0.00633 e. The van der Waals surface area contributed by atoms with Crippen LogP contribution < -0.4 is 0 Å². The summed E-state index contributed by atoms with van der Waals surface area (Å²) >= 11 is 0. The molecule has 0 aromatic rings. The summed E-state index contributed by atoms with van der Waals surface area (Å²) < 4.78 is 0. The molecule has 0 spiro atoms. The first-order valence-corrected chi connectivity index (χ1v) is 6.13. The molecule has 0 amide bonds. The standard InChI is InChI=1S/C13H29N/c1-7-11(2)8-9-12(3)10-13(4)14(5)6/h11-13H,7-10H2,1-6H3. The van der Waals surface area contributed by atoms with Crippen LogP contribution in [0.4, 0.5) is 0 Å². The number of hydrogen-bond acceptors (Lipinski definition) is 1. The van der Waals surface area contributed by atoms with E-state index < -0.39 is 0 Å². The summed E-state index contributed by atoms with van der Waals surface area (Å²) in [5, 5.41) is 0. The van der Waals surface area contributed by atoms with Gasteiger partial charge in [0, 0.05) is 6.04 Å². The summed E-state index contributed by atoms with van der Waals surface area (Å²) in [6, 6.07) is 0.724. The normalized spacial score (nSPS) is 18.2. The van der Waals surface area contributed by atoms with Crippen molar-refractivity contribution in [2.45, 2.75) is 59.4 Å². The van der Waals surface area contributed by atoms with Gasteiger partial charge < -0.3 is 4.90 Å². The van der Waals surface area contributed by atoms with E-state index in [-0.39, 0.29) is 0 Å². The van der Waals surface area contributed by atoms with Crippen LogP contribution in [0.5, 0.6) is 0 Å². The van der Waals surface area contributed by atoms with Gasteiger partial charge in [-0.3, -0.25) is 0 Å². The molecule has 86 valence electrons. The maximum absolute atomic E-state index is 2.39. The number of rotatable bonds is 7. The molecule has 0 aliphatic rings. The maximum Gasteiger partial charge on any atom is 0.00633 e. The van der Waals surface area contributed by atoms with Crippen LogP contribution in [0, 0.1) is 11.8 Å². The minimum absolute atomic E-state index is 0.724. The highest BCUT2D eigenvalue weighted by Crippen LogP contribution is 2.19. The SMILES string of the molecule is CCC(C)CCC(C)CC(C)N(C)C. The Morgan fingerprint density at radius 1 is 0.929 bits per heavy atom. The van der Waals surface area contributed by atoms with Crippen LogP contribution in [0.25, 0.3) is 0 Å². The van der Waals surface area contributed by atoms with Gasteiger partial charge >= 0.3 is 0 Å². The zero-order valence-electron chi connectivity index (χ0n) is 11.0. The summed E-state index contributed by atoms with van der Waals surface area (Å²) in [6.45, 7) is 9.36. The third-order valence-corrected chi connectivity index (χ3v) is 3.47. The lowest BCUT2D eigenvalue weighted by Crippen LogP contribution is -2.26. The minimum Gasteiger partial charge on any atom is -0.307 e. The highest BCUT2D eigenvalue weighted by molar-refractivity contribution is 4.65. The van der Waals surface area contributed by atoms with E-state index in [9.17, 15) is 0 Å². The van der Waals surface area contributed by atoms with Crippen LogP contribution >= 0.6 is 0 Å². The van der Waals surface area contributed by atoms with Gasteiger partial charge in [-0.25, -0.2) is 0 Å². The van der Waals surface area contributed by atoms with Gasteiger partial charge in [0.15, 0.2) is 0 Å². The van der Waals surface area contributed by atoms with Crippen molar-refractivity contribution in [3.63, 3.8) is 0 Å². The van der Waals surface area contributed by atoms with E-state index in [4.69, 9.17) is 0 Å². The van der Waals surface area contributed by atoms with E-state index in [1.807, 2.05) is 0 Å². The molecular weight excluding hydrogens is 170 g/mol. The second-order valence-electron chi connectivity index (χ2n) is 5.24. The van der Waals surface area contributed by atoms with Crippen LogP contribution in [-0.4, -0.2) is 25.0 Å². The molecular formula is C13H29N. The van der Waals surface area contributed by atoms with Crippen molar-refractivity contribution in [1.82, 2.24) is 4.90 Å². The second kappa shape index (κ2) is 7.28. The molecule has 0 heterocycles. The molecule has 1 heteroatoms. The van der Waals surface area contributed by atoms with Crippen molar-refractivity contribution in [2.75, 3.05) is 14.1 Å². The molecule has 0 saturated heterocycles. The molecule has 0 rings (SSSR count). The van der Waals surface area contributed by atoms with E-state index in [2.05, 4.69) is 46.7 Å². The molecule has 0 bridgehead atoms. The first-order valence-electron chi connectivity index (χ1n) is 6.13. The van der Waals surface area contributed by atoms with Crippen molar-refractivity contribution in [1.29, 1.82) is 0 Å². The highest BCUT2D eigenvalue weighted by atomic mass is 15.1. The number of hydrogen-bond donors (Lipinski definition) is 0. The summed E-state index contributed by atoms with van der Waals surface area (Å²) in [6.07, 6.45) is 5.46. The van der Waals surface area contributed by atoms with Gasteiger partial charge in [-0.2, -0.15) is 0 Å². The number of nitrogens with zero attached hydrogens (tertiary/aromatic N) is 1. The van der Waals surface area contributed by atoms with Crippen LogP contribution in [0.1, 0.15) is 53.4 Å². The Bertz CT molecular complexity index is 131. The van der Waals surface area contributed by atoms with Crippen molar-refractivity contribution >= 4 is 0 Å². The average molecular weight is 199 g/mol. The quantitative estimate of drug-likeness (QED) is 0.603. The largest absolute Gasteiger partial charge is 0.307 e. The van der Waals surface area contributed by atoms with Crippen LogP contribution in [-0.2, 0) is 0 Å². The van der Waals surface area contributed by atoms with Crippen molar-refractivity contribution in [2.24, 2.45) is 11.8 Å². The predicted molar refractivity (Wildman–Crippen MR) is 65.6 cm³/mol. The molecule has 0 radical (unpaired) electrons. The molecule has 14 heavy (non-hydrogen) atoms. The third-order valence-electron chi connectivity index (χ3n) is 3.47. The molecule has 3 unspecified atom stereocenters. The molecule has 0 aromatic carbocycles. The molecule has 1 nitrogen and oxygen atoms in total. The fraction of sp³-hybridized carbons (Fsp3) is 1.00. The van der Waals surface area contributed by atoms with E-state index in [1.165, 1.54) is 25.7 Å². The lowest BCUT2D eigenvalue weighted by Gasteiger charge is -2.23. The van der Waals surface area contributed by atoms with E-state index in [0.717, 1.165) is 17.9 Å². The first kappa shape index (κ1) is 14.0. The van der Waals surface area contributed by atoms with Crippen LogP contribution in [0.3, 0.4) is 0 Å². The Morgan fingerprint density at radius 3 is 1.86 bits per heavy atom. The minimum atomic E-state index is 0.724. The van der Waals surface area contributed by atoms with Gasteiger partial charge in [-0.1, -0.05) is 40.0 Å². The van der Waals surface area contributed by atoms with Crippen LogP contribution in [0.15, 0.2) is 0 Å². The molecule has 0 aromatic heterocycles. The Kier molecular flexibility index (Phi) is 7.26. The fourth-order valence-electron chi connectivity index (χ4n) is 1.68. The van der Waals surface area contributed by atoms with Gasteiger partial charge in [0.05, 0.1) is 0 Å². The third kappa shape index (κ3) is 6.42. The highest BCUT2D eigenvalue weighted by Gasteiger charge is 2.11. The van der Waals surface area contributed by atoms with Crippen LogP contribution in [0.2, 0.25) is 0 Å². The van der Waals surface area contributed by atoms with Crippen molar-refractivity contribution in [3.8, 4) is 0 Å². The molecule has 0 N–H and O–H groups in total. The topological polar surface area (TPSA) is 3.24 Å². The van der Waals surface area contributed by atoms with Gasteiger partial charge in [0.1, 0.15) is 0 Å². The first-order chi connectivity index (χ1) is 6.47. The molecule has 0 fully saturated rings. The molecule has 0 aliphatic carbocycles. The Morgan fingerprint density at radius 2 is 1.43 bits per heavy atom. The Labute approximate surface area is 90.9 Å². The summed E-state index contributed by atoms with van der Waals surface area (Å²) in [5.74, 6) is 1.79. The van der Waals surface area contributed by atoms with Gasteiger partial charge in [0.25, 0.3) is 0 Å². The Hall–Kier alpha value is -0.0400. The summed E-state index contributed by atoms with van der Waals surface area (Å²) in [4.78, 5) is 2.32. The van der Waals surface area contributed by atoms with Gasteiger partial charge in [0.2, 0.25) is 0 Å². The predicted octanol–water partition coefficient (Wildman–Crippen LogP) is 3.79. The zero-order chi connectivity index (χ0) is 11.1. The van der Waals surface area contributed by atoms with Gasteiger partial charge in [-0.15, -0.1) is 0 Å². The molecule has 0 aliphatic heterocycles.